The highest BCUT2D eigenvalue weighted by Crippen LogP contribution is 2.34. The molecule has 1 atom stereocenters. The minimum atomic E-state index is -3.79. The van der Waals surface area contributed by atoms with E-state index in [1.54, 1.807) is 31.2 Å². The molecule has 0 aliphatic carbocycles. The lowest BCUT2D eigenvalue weighted by molar-refractivity contribution is -0.132. The van der Waals surface area contributed by atoms with Gasteiger partial charge in [0.15, 0.2) is 0 Å². The Hall–Kier alpha value is -1.96. The highest BCUT2D eigenvalue weighted by molar-refractivity contribution is 7.89. The first kappa shape index (κ1) is 20.8. The number of rotatable bonds is 5. The average Bonchev–Trinajstić information content (AvgIpc) is 2.67. The van der Waals surface area contributed by atoms with E-state index in [-0.39, 0.29) is 34.7 Å². The molecule has 1 aliphatic heterocycles. The zero-order valence-electron chi connectivity index (χ0n) is 15.5. The van der Waals surface area contributed by atoms with Gasteiger partial charge in [-0.25, -0.2) is 12.8 Å². The molecule has 1 saturated heterocycles. The Bertz CT molecular complexity index is 966. The minimum Gasteiger partial charge on any atom is -0.352 e. The van der Waals surface area contributed by atoms with Crippen molar-refractivity contribution in [3.8, 4) is 0 Å². The summed E-state index contributed by atoms with van der Waals surface area (Å²) < 4.78 is 40.3. The first-order valence-electron chi connectivity index (χ1n) is 9.00. The van der Waals surface area contributed by atoms with Crippen molar-refractivity contribution < 1.29 is 17.6 Å². The molecule has 5 nitrogen and oxygen atoms in total. The molecule has 3 rings (SSSR count). The van der Waals surface area contributed by atoms with E-state index >= 15 is 0 Å². The van der Waals surface area contributed by atoms with Gasteiger partial charge in [-0.3, -0.25) is 4.79 Å². The summed E-state index contributed by atoms with van der Waals surface area (Å²) in [6.45, 7) is 2.44. The van der Waals surface area contributed by atoms with Gasteiger partial charge in [0.2, 0.25) is 15.9 Å². The van der Waals surface area contributed by atoms with E-state index in [4.69, 9.17) is 11.6 Å². The molecule has 1 amide bonds. The summed E-state index contributed by atoms with van der Waals surface area (Å²) in [5.41, 5.74) is -0.0817. The van der Waals surface area contributed by atoms with Crippen LogP contribution in [-0.4, -0.2) is 31.7 Å². The van der Waals surface area contributed by atoms with Crippen LogP contribution in [0.3, 0.4) is 0 Å². The number of amides is 1. The summed E-state index contributed by atoms with van der Waals surface area (Å²) in [7, 11) is -3.79. The average molecular weight is 425 g/mol. The topological polar surface area (TPSA) is 66.5 Å². The summed E-state index contributed by atoms with van der Waals surface area (Å²) in [5.74, 6) is -0.564. The fourth-order valence-electron chi connectivity index (χ4n) is 3.37. The van der Waals surface area contributed by atoms with E-state index in [0.717, 1.165) is 5.56 Å². The van der Waals surface area contributed by atoms with Crippen LogP contribution in [0.25, 0.3) is 0 Å². The van der Waals surface area contributed by atoms with Crippen molar-refractivity contribution in [2.24, 2.45) is 5.41 Å². The van der Waals surface area contributed by atoms with Gasteiger partial charge in [-0.1, -0.05) is 35.9 Å². The fraction of sp³-hybridized carbons (Fsp3) is 0.350. The third kappa shape index (κ3) is 4.37. The number of piperidine rings is 1. The number of nitrogens with one attached hydrogen (secondary N) is 1. The van der Waals surface area contributed by atoms with Crippen LogP contribution in [0.2, 0.25) is 5.02 Å². The number of halogens is 2. The van der Waals surface area contributed by atoms with Crippen LogP contribution in [0.1, 0.15) is 25.3 Å². The predicted octanol–water partition coefficient (Wildman–Crippen LogP) is 3.59. The normalized spacial score (nSPS) is 20.7. The van der Waals surface area contributed by atoms with Gasteiger partial charge in [-0.05, 0) is 49.6 Å². The molecule has 1 N–H and O–H groups in total. The molecule has 150 valence electrons. The summed E-state index contributed by atoms with van der Waals surface area (Å²) in [6, 6.07) is 12.2. The highest BCUT2D eigenvalue weighted by atomic mass is 35.5. The first-order valence-corrected chi connectivity index (χ1v) is 10.8. The van der Waals surface area contributed by atoms with E-state index in [1.165, 1.54) is 28.6 Å². The second-order valence-corrected chi connectivity index (χ2v) is 9.56. The summed E-state index contributed by atoms with van der Waals surface area (Å²) >= 11 is 6.08. The molecule has 28 heavy (non-hydrogen) atoms. The number of hydrogen-bond donors (Lipinski definition) is 1. The van der Waals surface area contributed by atoms with Crippen LogP contribution < -0.4 is 5.32 Å². The van der Waals surface area contributed by atoms with Crippen LogP contribution in [0, 0.1) is 11.2 Å². The lowest BCUT2D eigenvalue weighted by Crippen LogP contribution is -2.51. The SMILES string of the molecule is CC1(C(=O)NCc2ccc(F)cc2)CCCN(S(=O)(=O)c2ccccc2Cl)C1. The lowest BCUT2D eigenvalue weighted by Gasteiger charge is -2.38. The molecule has 1 heterocycles. The molecule has 0 radical (unpaired) electrons. The standard InChI is InChI=1S/C20H22ClFN2O3S/c1-20(19(25)23-13-15-7-9-16(22)10-8-15)11-4-12-24(14-20)28(26,27)18-6-3-2-5-17(18)21/h2-3,5-10H,4,11-14H2,1H3,(H,23,25). The van der Waals surface area contributed by atoms with Gasteiger partial charge >= 0.3 is 0 Å². The summed E-state index contributed by atoms with van der Waals surface area (Å²) in [6.07, 6.45) is 1.15. The predicted molar refractivity (Wildman–Crippen MR) is 106 cm³/mol. The monoisotopic (exact) mass is 424 g/mol. The molecule has 2 aromatic carbocycles. The Morgan fingerprint density at radius 2 is 1.89 bits per heavy atom. The van der Waals surface area contributed by atoms with Gasteiger partial charge < -0.3 is 5.32 Å². The maximum atomic E-state index is 13.0. The molecule has 0 aromatic heterocycles. The van der Waals surface area contributed by atoms with Crippen LogP contribution in [0.15, 0.2) is 53.4 Å². The van der Waals surface area contributed by atoms with Crippen molar-refractivity contribution in [3.63, 3.8) is 0 Å². The lowest BCUT2D eigenvalue weighted by atomic mass is 9.82. The molecule has 2 aromatic rings. The van der Waals surface area contributed by atoms with E-state index in [1.807, 2.05) is 0 Å². The van der Waals surface area contributed by atoms with E-state index in [9.17, 15) is 17.6 Å². The van der Waals surface area contributed by atoms with Crippen LogP contribution in [0.5, 0.6) is 0 Å². The van der Waals surface area contributed by atoms with Gasteiger partial charge in [-0.2, -0.15) is 4.31 Å². The third-order valence-electron chi connectivity index (χ3n) is 5.03. The fourth-order valence-corrected chi connectivity index (χ4v) is 5.47. The van der Waals surface area contributed by atoms with Crippen LogP contribution in [-0.2, 0) is 21.4 Å². The highest BCUT2D eigenvalue weighted by Gasteiger charge is 2.42. The number of hydrogen-bond acceptors (Lipinski definition) is 3. The van der Waals surface area contributed by atoms with Crippen LogP contribution >= 0.6 is 11.6 Å². The summed E-state index contributed by atoms with van der Waals surface area (Å²) in [5, 5.41) is 3.01. The second-order valence-electron chi connectivity index (χ2n) is 7.24. The molecular formula is C20H22ClFN2O3S. The molecule has 1 fully saturated rings. The molecule has 1 aliphatic rings. The van der Waals surface area contributed by atoms with Gasteiger partial charge in [0.05, 0.1) is 10.4 Å². The maximum absolute atomic E-state index is 13.0. The Labute approximate surface area is 169 Å². The Morgan fingerprint density at radius 1 is 1.21 bits per heavy atom. The molecule has 0 bridgehead atoms. The molecule has 0 spiro atoms. The van der Waals surface area contributed by atoms with Gasteiger partial charge in [0.1, 0.15) is 10.7 Å². The minimum absolute atomic E-state index is 0.0487. The third-order valence-corrected chi connectivity index (χ3v) is 7.38. The van der Waals surface area contributed by atoms with Gasteiger partial charge in [0, 0.05) is 19.6 Å². The van der Waals surface area contributed by atoms with Crippen molar-refractivity contribution in [2.75, 3.05) is 13.1 Å². The van der Waals surface area contributed by atoms with E-state index in [2.05, 4.69) is 5.32 Å². The Morgan fingerprint density at radius 3 is 2.57 bits per heavy atom. The summed E-state index contributed by atoms with van der Waals surface area (Å²) in [4.78, 5) is 12.9. The second kappa shape index (κ2) is 8.19. The quantitative estimate of drug-likeness (QED) is 0.797. The first-order chi connectivity index (χ1) is 13.2. The Balaban J connectivity index is 1.72. The smallest absolute Gasteiger partial charge is 0.244 e. The number of carbonyl (C=O) groups is 1. The largest absolute Gasteiger partial charge is 0.352 e. The number of nitrogens with zero attached hydrogens (tertiary/aromatic N) is 1. The van der Waals surface area contributed by atoms with Crippen molar-refractivity contribution in [1.82, 2.24) is 9.62 Å². The zero-order chi connectivity index (χ0) is 20.4. The van der Waals surface area contributed by atoms with E-state index in [0.29, 0.717) is 19.4 Å². The van der Waals surface area contributed by atoms with Crippen molar-refractivity contribution >= 4 is 27.5 Å². The molecule has 0 saturated carbocycles. The number of benzene rings is 2. The van der Waals surface area contributed by atoms with Gasteiger partial charge in [-0.15, -0.1) is 0 Å². The maximum Gasteiger partial charge on any atom is 0.244 e. The van der Waals surface area contributed by atoms with Crippen molar-refractivity contribution in [2.45, 2.75) is 31.2 Å². The zero-order valence-corrected chi connectivity index (χ0v) is 17.1. The van der Waals surface area contributed by atoms with E-state index < -0.39 is 15.4 Å². The molecule has 1 unspecified atom stereocenters. The van der Waals surface area contributed by atoms with Gasteiger partial charge in [0.25, 0.3) is 0 Å². The molecule has 8 heteroatoms. The van der Waals surface area contributed by atoms with Crippen molar-refractivity contribution in [3.05, 3.63) is 64.9 Å². The number of carbonyl (C=O) groups excluding carboxylic acids is 1. The Kier molecular flexibility index (Phi) is 6.07. The van der Waals surface area contributed by atoms with Crippen LogP contribution in [0.4, 0.5) is 4.39 Å². The number of sulfonamides is 1. The van der Waals surface area contributed by atoms with Crippen molar-refractivity contribution in [1.29, 1.82) is 0 Å². The molecular weight excluding hydrogens is 403 g/mol.